The smallest absolute Gasteiger partial charge is 0.245 e. The van der Waals surface area contributed by atoms with Crippen LogP contribution in [-0.2, 0) is 0 Å². The topological polar surface area (TPSA) is 135 Å². The average Bonchev–Trinajstić information content (AvgIpc) is 3.12. The van der Waals surface area contributed by atoms with Gasteiger partial charge in [0.15, 0.2) is 5.82 Å². The summed E-state index contributed by atoms with van der Waals surface area (Å²) >= 11 is 0. The van der Waals surface area contributed by atoms with Crippen LogP contribution in [0.2, 0.25) is 0 Å². The molecule has 0 radical (unpaired) electrons. The molecule has 9 nitrogen and oxygen atoms in total. The summed E-state index contributed by atoms with van der Waals surface area (Å²) in [5.74, 6) is 5.98. The second-order valence-electron chi connectivity index (χ2n) is 5.32. The van der Waals surface area contributed by atoms with Gasteiger partial charge in [0.25, 0.3) is 0 Å². The fraction of sp³-hybridized carbons (Fsp3) is 0. The van der Waals surface area contributed by atoms with Crippen LogP contribution in [0.15, 0.2) is 64.3 Å². The first-order valence-electron chi connectivity index (χ1n) is 7.65. The van der Waals surface area contributed by atoms with Crippen LogP contribution >= 0.6 is 0 Å². The molecule has 9 heteroatoms. The number of nitrogens with two attached hydrogens (primary N) is 1. The molecule has 0 aliphatic heterocycles. The van der Waals surface area contributed by atoms with Gasteiger partial charge in [0.1, 0.15) is 17.2 Å². The van der Waals surface area contributed by atoms with E-state index in [-0.39, 0.29) is 22.8 Å². The van der Waals surface area contributed by atoms with E-state index in [2.05, 4.69) is 30.7 Å². The Labute approximate surface area is 147 Å². The van der Waals surface area contributed by atoms with Crippen molar-refractivity contribution < 1.29 is 9.74 Å². The third-order valence-corrected chi connectivity index (χ3v) is 3.66. The van der Waals surface area contributed by atoms with Crippen molar-refractivity contribution in [2.45, 2.75) is 0 Å². The predicted octanol–water partition coefficient (Wildman–Crippen LogP) is 2.17. The van der Waals surface area contributed by atoms with Gasteiger partial charge in [-0.15, -0.1) is 0 Å². The minimum absolute atomic E-state index is 0.0162. The second kappa shape index (κ2) is 6.48. The largest absolute Gasteiger partial charge is 0.507 e. The molecule has 2 heterocycles. The molecule has 0 atom stereocenters. The fourth-order valence-electron chi connectivity index (χ4n) is 2.48. The molecule has 2 aromatic carbocycles. The number of phenols is 1. The Hall–Kier alpha value is -4.01. The number of nitrogens with one attached hydrogen (secondary N) is 1. The summed E-state index contributed by atoms with van der Waals surface area (Å²) in [6, 6.07) is 16.1. The van der Waals surface area contributed by atoms with Crippen LogP contribution in [0.5, 0.6) is 5.75 Å². The number of aromatic hydroxyl groups is 1. The number of hydrogen-bond acceptors (Lipinski definition) is 9. The molecule has 4 aromatic rings. The maximum atomic E-state index is 10.2. The van der Waals surface area contributed by atoms with Crippen LogP contribution in [0, 0.1) is 0 Å². The van der Waals surface area contributed by atoms with Gasteiger partial charge in [-0.25, -0.2) is 14.6 Å². The van der Waals surface area contributed by atoms with E-state index in [1.165, 1.54) is 6.07 Å². The fourth-order valence-corrected chi connectivity index (χ4v) is 2.48. The highest BCUT2D eigenvalue weighted by molar-refractivity contribution is 6.16. The zero-order valence-corrected chi connectivity index (χ0v) is 13.4. The molecular formula is C17H13N7O2. The van der Waals surface area contributed by atoms with Gasteiger partial charge in [-0.05, 0) is 34.6 Å². The normalized spacial score (nSPS) is 11.6. The van der Waals surface area contributed by atoms with Crippen molar-refractivity contribution in [3.8, 4) is 5.75 Å². The van der Waals surface area contributed by atoms with Crippen molar-refractivity contribution in [1.29, 1.82) is 0 Å². The highest BCUT2D eigenvalue weighted by Crippen LogP contribution is 2.26. The Kier molecular flexibility index (Phi) is 3.86. The van der Waals surface area contributed by atoms with Crippen LogP contribution in [0.4, 0.5) is 11.5 Å². The molecule has 26 heavy (non-hydrogen) atoms. The van der Waals surface area contributed by atoms with Crippen LogP contribution in [0.3, 0.4) is 0 Å². The van der Waals surface area contributed by atoms with Gasteiger partial charge in [-0.1, -0.05) is 30.3 Å². The van der Waals surface area contributed by atoms with Gasteiger partial charge in [0.2, 0.25) is 11.3 Å². The molecule has 0 aliphatic rings. The molecule has 128 valence electrons. The Bertz CT molecular complexity index is 1090. The van der Waals surface area contributed by atoms with E-state index < -0.39 is 0 Å². The van der Waals surface area contributed by atoms with Crippen LogP contribution in [0.25, 0.3) is 11.3 Å². The van der Waals surface area contributed by atoms with Crippen LogP contribution < -0.4 is 11.2 Å². The quantitative estimate of drug-likeness (QED) is 0.290. The number of benzene rings is 2. The molecule has 2 aromatic heterocycles. The van der Waals surface area contributed by atoms with Crippen molar-refractivity contribution in [2.24, 2.45) is 10.9 Å². The Morgan fingerprint density at radius 2 is 1.65 bits per heavy atom. The van der Waals surface area contributed by atoms with E-state index in [1.807, 2.05) is 30.3 Å². The van der Waals surface area contributed by atoms with E-state index in [9.17, 15) is 5.11 Å². The number of phenolic OH excluding ortho intramolecular Hbond substituents is 1. The number of anilines is 2. The molecule has 4 N–H and O–H groups in total. The maximum absolute atomic E-state index is 10.2. The first-order chi connectivity index (χ1) is 12.8. The van der Waals surface area contributed by atoms with E-state index in [4.69, 9.17) is 10.5 Å². The Balaban J connectivity index is 1.89. The third-order valence-electron chi connectivity index (χ3n) is 3.66. The van der Waals surface area contributed by atoms with E-state index in [0.29, 0.717) is 17.1 Å². The number of fused-ring (bicyclic) bond motifs is 1. The van der Waals surface area contributed by atoms with Gasteiger partial charge in [0.05, 0.1) is 0 Å². The summed E-state index contributed by atoms with van der Waals surface area (Å²) in [7, 11) is 0. The van der Waals surface area contributed by atoms with Crippen LogP contribution in [0.1, 0.15) is 11.3 Å². The lowest BCUT2D eigenvalue weighted by Crippen LogP contribution is -2.13. The summed E-state index contributed by atoms with van der Waals surface area (Å²) in [5, 5.41) is 24.6. The van der Waals surface area contributed by atoms with E-state index in [0.717, 1.165) is 5.69 Å². The van der Waals surface area contributed by atoms with Crippen molar-refractivity contribution in [1.82, 2.24) is 20.3 Å². The molecule has 4 rings (SSSR count). The number of aromatic nitrogens is 4. The molecule has 0 saturated heterocycles. The van der Waals surface area contributed by atoms with Gasteiger partial charge in [0, 0.05) is 11.3 Å². The minimum atomic E-state index is 0.0162. The first-order valence-corrected chi connectivity index (χ1v) is 7.65. The molecule has 0 saturated carbocycles. The Morgan fingerprint density at radius 1 is 0.962 bits per heavy atom. The van der Waals surface area contributed by atoms with Crippen molar-refractivity contribution in [3.63, 3.8) is 0 Å². The highest BCUT2D eigenvalue weighted by Gasteiger charge is 2.21. The molecule has 0 unspecified atom stereocenters. The van der Waals surface area contributed by atoms with Gasteiger partial charge in [-0.3, -0.25) is 0 Å². The predicted molar refractivity (Wildman–Crippen MR) is 95.1 cm³/mol. The summed E-state index contributed by atoms with van der Waals surface area (Å²) in [6.07, 6.45) is 0. The van der Waals surface area contributed by atoms with Crippen molar-refractivity contribution in [2.75, 3.05) is 5.32 Å². The second-order valence-corrected chi connectivity index (χ2v) is 5.32. The zero-order valence-electron chi connectivity index (χ0n) is 13.4. The summed E-state index contributed by atoms with van der Waals surface area (Å²) < 4.78 is 4.69. The number of hydrazone groups is 1. The van der Waals surface area contributed by atoms with E-state index in [1.54, 1.807) is 18.2 Å². The number of rotatable bonds is 4. The molecule has 0 fully saturated rings. The Morgan fingerprint density at radius 3 is 2.38 bits per heavy atom. The summed E-state index contributed by atoms with van der Waals surface area (Å²) in [5.41, 5.74) is 2.19. The maximum Gasteiger partial charge on any atom is 0.245 e. The number of nitrogens with zero attached hydrogens (tertiary/aromatic N) is 5. The standard InChI is InChI=1S/C17H13N7O2/c18-22-13(11-8-4-5-9-12(11)25)14-15(19-10-6-2-1-3-7-10)21-17-16(20-14)23-26-24-17/h1-9,25H,18H2,(H,19,21,24). The summed E-state index contributed by atoms with van der Waals surface area (Å²) in [6.45, 7) is 0. The van der Waals surface area contributed by atoms with Gasteiger partial charge in [-0.2, -0.15) is 5.10 Å². The zero-order chi connectivity index (χ0) is 17.9. The number of para-hydroxylation sites is 2. The average molecular weight is 347 g/mol. The SMILES string of the molecule is NN=C(c1ccccc1O)c1nc2nonc2nc1Nc1ccccc1. The first kappa shape index (κ1) is 15.5. The van der Waals surface area contributed by atoms with Crippen molar-refractivity contribution >= 4 is 28.5 Å². The molecule has 0 spiro atoms. The highest BCUT2D eigenvalue weighted by atomic mass is 16.6. The lowest BCUT2D eigenvalue weighted by molar-refractivity contribution is 0.314. The lowest BCUT2D eigenvalue weighted by atomic mass is 10.1. The molecule has 0 aliphatic carbocycles. The minimum Gasteiger partial charge on any atom is -0.507 e. The summed E-state index contributed by atoms with van der Waals surface area (Å²) in [4.78, 5) is 8.80. The number of hydrogen-bond donors (Lipinski definition) is 3. The van der Waals surface area contributed by atoms with Crippen LogP contribution in [-0.4, -0.2) is 31.1 Å². The van der Waals surface area contributed by atoms with Gasteiger partial charge >= 0.3 is 0 Å². The molecular weight excluding hydrogens is 334 g/mol. The van der Waals surface area contributed by atoms with Crippen molar-refractivity contribution in [3.05, 3.63) is 65.9 Å². The molecule has 0 bridgehead atoms. The lowest BCUT2D eigenvalue weighted by Gasteiger charge is -2.12. The van der Waals surface area contributed by atoms with E-state index >= 15 is 0 Å². The molecule has 0 amide bonds. The van der Waals surface area contributed by atoms with Gasteiger partial charge < -0.3 is 16.3 Å². The third kappa shape index (κ3) is 2.77. The monoisotopic (exact) mass is 347 g/mol.